The topological polar surface area (TPSA) is 6.48 Å². The van der Waals surface area contributed by atoms with Gasteiger partial charge in [-0.15, -0.1) is 0 Å². The number of hydrogen-bond donors (Lipinski definition) is 0. The van der Waals surface area contributed by atoms with Gasteiger partial charge in [0, 0.05) is 0 Å². The van der Waals surface area contributed by atoms with E-state index in [1.807, 2.05) is 24.3 Å². The van der Waals surface area contributed by atoms with E-state index in [0.717, 1.165) is 0 Å². The van der Waals surface area contributed by atoms with E-state index < -0.39 is 0 Å². The second-order valence-corrected chi connectivity index (χ2v) is 20.3. The first-order valence-corrected chi connectivity index (χ1v) is 22.8. The third-order valence-electron chi connectivity index (χ3n) is 7.14. The van der Waals surface area contributed by atoms with Crippen LogP contribution >= 0.6 is 0 Å². The molecule has 0 unspecified atom stereocenters. The third-order valence-corrected chi connectivity index (χ3v) is 20.8. The fourth-order valence-electron chi connectivity index (χ4n) is 5.08. The summed E-state index contributed by atoms with van der Waals surface area (Å²) in [5, 5.41) is 0. The summed E-state index contributed by atoms with van der Waals surface area (Å²) in [6.45, 7) is 4.67. The van der Waals surface area contributed by atoms with Crippen molar-refractivity contribution in [3.8, 4) is 20.0 Å². The molecule has 0 saturated carbocycles. The summed E-state index contributed by atoms with van der Waals surface area (Å²) in [6, 6.07) is 19.3. The molecule has 0 amide bonds. The molecule has 0 radical (unpaired) electrons. The molecule has 2 aromatic carbocycles. The molecular formula is C30H30F2N2Se4. The van der Waals surface area contributed by atoms with Crippen LogP contribution in [0.4, 0.5) is 17.9 Å². The molecular weight excluding hydrogens is 742 g/mol. The third kappa shape index (κ3) is 6.30. The predicted molar refractivity (Wildman–Crippen MR) is 160 cm³/mol. The van der Waals surface area contributed by atoms with Gasteiger partial charge >= 0.3 is 249 Å². The zero-order valence-electron chi connectivity index (χ0n) is 21.1. The molecule has 2 fully saturated rings. The van der Waals surface area contributed by atoms with Gasteiger partial charge in [-0.2, -0.15) is 0 Å². The van der Waals surface area contributed by atoms with Crippen molar-refractivity contribution in [1.82, 2.24) is 0 Å². The van der Waals surface area contributed by atoms with E-state index in [2.05, 4.69) is 21.9 Å². The molecule has 0 atom stereocenters. The van der Waals surface area contributed by atoms with Crippen molar-refractivity contribution in [3.63, 3.8) is 0 Å². The van der Waals surface area contributed by atoms with Crippen molar-refractivity contribution < 1.29 is 8.78 Å². The zero-order chi connectivity index (χ0) is 25.9. The van der Waals surface area contributed by atoms with Gasteiger partial charge in [0.05, 0.1) is 0 Å². The van der Waals surface area contributed by atoms with Gasteiger partial charge in [-0.05, 0) is 0 Å². The van der Waals surface area contributed by atoms with E-state index >= 15 is 0 Å². The van der Waals surface area contributed by atoms with Gasteiger partial charge in [0.25, 0.3) is 0 Å². The number of hydrogen-bond acceptors (Lipinski definition) is 2. The van der Waals surface area contributed by atoms with Crippen molar-refractivity contribution in [2.75, 3.05) is 36.0 Å². The first-order valence-electron chi connectivity index (χ1n) is 13.3. The van der Waals surface area contributed by atoms with Crippen LogP contribution in [0.25, 0.3) is 20.0 Å². The molecule has 0 spiro atoms. The number of benzene rings is 2. The van der Waals surface area contributed by atoms with Crippen molar-refractivity contribution in [2.45, 2.75) is 38.5 Å². The standard InChI is InChI=1S/C30H30F2N2Se4/c31-23-11-7-21(8-12-23)29-25(19-27(35-29)33-15-3-1-4-16-33)37-38-26-20-28(34-17-5-2-6-18-34)36-30(26)22-9-13-24(32)14-10-22/h7-14,19-20H,1-6,15-18H2. The second kappa shape index (κ2) is 12.6. The Labute approximate surface area is 247 Å². The Kier molecular flexibility index (Phi) is 9.01. The van der Waals surface area contributed by atoms with E-state index in [4.69, 9.17) is 0 Å². The molecule has 2 aromatic heterocycles. The van der Waals surface area contributed by atoms with Gasteiger partial charge in [0.1, 0.15) is 0 Å². The van der Waals surface area contributed by atoms with E-state index in [1.54, 1.807) is 24.3 Å². The molecule has 2 nitrogen and oxygen atoms in total. The monoisotopic (exact) mass is 776 g/mol. The summed E-state index contributed by atoms with van der Waals surface area (Å²) in [7, 11) is 0. The minimum absolute atomic E-state index is 0.169. The van der Waals surface area contributed by atoms with Crippen LogP contribution in [0, 0.1) is 11.6 Å². The SMILES string of the molecule is Fc1ccc(-c2[se]c(N3CCCCC3)cc2[Se][Se]c2cc(N3CCCCC3)[se]c2-c2ccc(F)cc2)cc1. The average molecular weight is 772 g/mol. The molecule has 0 N–H and O–H groups in total. The number of piperidine rings is 2. The van der Waals surface area contributed by atoms with Crippen LogP contribution < -0.4 is 18.7 Å². The first-order chi connectivity index (χ1) is 18.6. The van der Waals surface area contributed by atoms with Crippen molar-refractivity contribution in [1.29, 1.82) is 0 Å². The van der Waals surface area contributed by atoms with Crippen molar-refractivity contribution in [2.24, 2.45) is 0 Å². The van der Waals surface area contributed by atoms with Gasteiger partial charge in [0.15, 0.2) is 0 Å². The van der Waals surface area contributed by atoms with Crippen LogP contribution in [0.5, 0.6) is 0 Å². The molecule has 4 aromatic rings. The predicted octanol–water partition coefficient (Wildman–Crippen LogP) is 4.67. The van der Waals surface area contributed by atoms with Crippen molar-refractivity contribution in [3.05, 3.63) is 72.3 Å². The first kappa shape index (κ1) is 27.1. The molecule has 2 saturated heterocycles. The summed E-state index contributed by atoms with van der Waals surface area (Å²) in [5.41, 5.74) is 2.38. The van der Waals surface area contributed by atoms with Crippen LogP contribution in [-0.4, -0.2) is 81.4 Å². The number of halogens is 2. The number of rotatable bonds is 7. The van der Waals surface area contributed by atoms with Gasteiger partial charge < -0.3 is 0 Å². The second-order valence-electron chi connectivity index (χ2n) is 9.83. The molecule has 0 bridgehead atoms. The van der Waals surface area contributed by atoms with Gasteiger partial charge in [-0.3, -0.25) is 0 Å². The normalized spacial score (nSPS) is 16.3. The fraction of sp³-hybridized carbons (Fsp3) is 0.333. The minimum atomic E-state index is -0.169. The van der Waals surface area contributed by atoms with E-state index in [0.29, 0.717) is 26.3 Å². The molecule has 2 aliphatic rings. The van der Waals surface area contributed by atoms with E-state index in [-0.39, 0.29) is 40.6 Å². The van der Waals surface area contributed by atoms with E-state index in [9.17, 15) is 8.78 Å². The van der Waals surface area contributed by atoms with Crippen LogP contribution in [0.15, 0.2) is 60.7 Å². The molecule has 4 heterocycles. The molecule has 0 aliphatic carbocycles. The molecule has 198 valence electrons. The Hall–Kier alpha value is -1.06. The fourth-order valence-corrected chi connectivity index (χ4v) is 21.8. The molecule has 38 heavy (non-hydrogen) atoms. The Morgan fingerprint density at radius 2 is 0.895 bits per heavy atom. The average Bonchev–Trinajstić information content (AvgIpc) is 3.59. The number of nitrogens with zero attached hydrogens (tertiary/aromatic N) is 2. The Morgan fingerprint density at radius 1 is 0.526 bits per heavy atom. The zero-order valence-corrected chi connectivity index (χ0v) is 28.0. The van der Waals surface area contributed by atoms with E-state index in [1.165, 1.54) is 103 Å². The van der Waals surface area contributed by atoms with Crippen LogP contribution in [0.1, 0.15) is 38.5 Å². The Morgan fingerprint density at radius 3 is 1.26 bits per heavy atom. The van der Waals surface area contributed by atoms with Crippen LogP contribution in [-0.2, 0) is 0 Å². The molecule has 8 heteroatoms. The maximum atomic E-state index is 13.7. The number of anilines is 2. The summed E-state index contributed by atoms with van der Waals surface area (Å²) in [6.07, 6.45) is 7.80. The Bertz CT molecular complexity index is 1250. The summed E-state index contributed by atoms with van der Waals surface area (Å²) in [5.74, 6) is -0.337. The summed E-state index contributed by atoms with van der Waals surface area (Å²) >= 11 is 1.21. The summed E-state index contributed by atoms with van der Waals surface area (Å²) < 4.78 is 36.4. The van der Waals surface area contributed by atoms with Gasteiger partial charge in [-0.1, -0.05) is 0 Å². The van der Waals surface area contributed by atoms with Crippen LogP contribution in [0.3, 0.4) is 0 Å². The van der Waals surface area contributed by atoms with Gasteiger partial charge in [-0.25, -0.2) is 0 Å². The Balaban J connectivity index is 1.32. The van der Waals surface area contributed by atoms with Crippen LogP contribution in [0.2, 0.25) is 0 Å². The summed E-state index contributed by atoms with van der Waals surface area (Å²) in [4.78, 5) is 5.22. The molecule has 6 rings (SSSR count). The quantitative estimate of drug-likeness (QED) is 0.253. The van der Waals surface area contributed by atoms with Gasteiger partial charge in [0.2, 0.25) is 0 Å². The maximum absolute atomic E-state index is 13.7. The van der Waals surface area contributed by atoms with Crippen molar-refractivity contribution >= 4 is 73.3 Å². The molecule has 2 aliphatic heterocycles.